The van der Waals surface area contributed by atoms with Crippen LogP contribution in [0, 0.1) is 0 Å². The van der Waals surface area contributed by atoms with Crippen LogP contribution < -0.4 is 5.32 Å². The molecule has 1 N–H and O–H groups in total. The molecule has 8 nitrogen and oxygen atoms in total. The zero-order chi connectivity index (χ0) is 17.0. The van der Waals surface area contributed by atoms with Crippen LogP contribution >= 0.6 is 0 Å². The van der Waals surface area contributed by atoms with E-state index >= 15 is 0 Å². The number of methoxy groups -OCH3 is 2. The molecule has 0 heterocycles. The van der Waals surface area contributed by atoms with Gasteiger partial charge in [0.2, 0.25) is 5.91 Å². The highest BCUT2D eigenvalue weighted by Crippen LogP contribution is 2.06. The molecular weight excluding hydrogens is 292 g/mol. The molecule has 0 aromatic heterocycles. The fourth-order valence-electron chi connectivity index (χ4n) is 1.97. The van der Waals surface area contributed by atoms with Gasteiger partial charge in [-0.3, -0.25) is 9.59 Å². The van der Waals surface area contributed by atoms with Crippen molar-refractivity contribution in [3.05, 3.63) is 0 Å². The Bertz CT molecular complexity index is 322. The molecule has 0 bridgehead atoms. The Morgan fingerprint density at radius 2 is 1.82 bits per heavy atom. The summed E-state index contributed by atoms with van der Waals surface area (Å²) in [7, 11) is 6.12. The minimum absolute atomic E-state index is 0.0226. The molecule has 0 aliphatic rings. The predicted octanol–water partition coefficient (Wildman–Crippen LogP) is -0.0309. The molecule has 0 aliphatic carbocycles. The summed E-state index contributed by atoms with van der Waals surface area (Å²) in [6, 6.07) is -0.408. The maximum Gasteiger partial charge on any atom is 0.240 e. The smallest absolute Gasteiger partial charge is 0.240 e. The lowest BCUT2D eigenvalue weighted by atomic mass is 10.1. The van der Waals surface area contributed by atoms with Crippen LogP contribution in [0.15, 0.2) is 0 Å². The van der Waals surface area contributed by atoms with Crippen LogP contribution in [0.25, 0.3) is 0 Å². The fourth-order valence-corrected chi connectivity index (χ4v) is 1.97. The van der Waals surface area contributed by atoms with E-state index in [-0.39, 0.29) is 24.8 Å². The highest BCUT2D eigenvalue weighted by Gasteiger charge is 2.26. The molecule has 0 saturated heterocycles. The molecule has 0 spiro atoms. The molecule has 8 heteroatoms. The van der Waals surface area contributed by atoms with Crippen molar-refractivity contribution >= 4 is 11.7 Å². The van der Waals surface area contributed by atoms with Crippen molar-refractivity contribution in [2.75, 3.05) is 48.1 Å². The van der Waals surface area contributed by atoms with Gasteiger partial charge in [-0.25, -0.2) is 9.78 Å². The molecule has 0 saturated carbocycles. The van der Waals surface area contributed by atoms with Gasteiger partial charge in [-0.15, -0.1) is 0 Å². The van der Waals surface area contributed by atoms with E-state index in [0.29, 0.717) is 19.4 Å². The van der Waals surface area contributed by atoms with Gasteiger partial charge in [0.25, 0.3) is 0 Å². The summed E-state index contributed by atoms with van der Waals surface area (Å²) in [6.45, 7) is 2.05. The Labute approximate surface area is 131 Å². The van der Waals surface area contributed by atoms with E-state index in [0.717, 1.165) is 0 Å². The van der Waals surface area contributed by atoms with Crippen molar-refractivity contribution in [3.63, 3.8) is 0 Å². The van der Waals surface area contributed by atoms with E-state index in [1.807, 2.05) is 0 Å². The summed E-state index contributed by atoms with van der Waals surface area (Å²) >= 11 is 0. The van der Waals surface area contributed by atoms with E-state index in [4.69, 9.17) is 14.4 Å². The minimum atomic E-state index is -0.572. The molecule has 0 aromatic rings. The second kappa shape index (κ2) is 12.5. The first kappa shape index (κ1) is 20.9. The largest absolute Gasteiger partial charge is 0.354 e. The average Bonchev–Trinajstić information content (AvgIpc) is 2.50. The lowest BCUT2D eigenvalue weighted by Gasteiger charge is -2.29. The number of carbonyl (C=O) groups is 2. The number of hydrogen-bond donors (Lipinski definition) is 1. The van der Waals surface area contributed by atoms with Crippen LogP contribution in [0.4, 0.5) is 0 Å². The molecule has 0 rings (SSSR count). The zero-order valence-electron chi connectivity index (χ0n) is 14.1. The Morgan fingerprint density at radius 3 is 2.27 bits per heavy atom. The van der Waals surface area contributed by atoms with Crippen LogP contribution in [-0.4, -0.2) is 77.0 Å². The summed E-state index contributed by atoms with van der Waals surface area (Å²) in [4.78, 5) is 34.7. The standard InChI is InChI=1S/C14H28N2O6/c1-11(17)9-16(10-13(19-3)20-4)14(18)12(15-2)7-6-8-22-21-5/h12-13,15H,6-10H2,1-5H3/t12-/m1/s1. The Kier molecular flexibility index (Phi) is 11.9. The third-order valence-corrected chi connectivity index (χ3v) is 3.11. The Morgan fingerprint density at radius 1 is 1.18 bits per heavy atom. The minimum Gasteiger partial charge on any atom is -0.354 e. The monoisotopic (exact) mass is 320 g/mol. The number of rotatable bonds is 13. The highest BCUT2D eigenvalue weighted by atomic mass is 17.2. The molecule has 0 aromatic carbocycles. The van der Waals surface area contributed by atoms with Gasteiger partial charge in [-0.1, -0.05) is 0 Å². The number of Topliss-reactive ketones (excluding diaryl/α,β-unsaturated/α-hetero) is 1. The lowest BCUT2D eigenvalue weighted by Crippen LogP contribution is -2.49. The van der Waals surface area contributed by atoms with Gasteiger partial charge in [0.15, 0.2) is 6.29 Å². The van der Waals surface area contributed by atoms with Crippen molar-refractivity contribution in [1.29, 1.82) is 0 Å². The van der Waals surface area contributed by atoms with E-state index in [1.54, 1.807) is 7.05 Å². The number of carbonyl (C=O) groups excluding carboxylic acids is 2. The first-order chi connectivity index (χ1) is 10.5. The van der Waals surface area contributed by atoms with Crippen LogP contribution in [0.1, 0.15) is 19.8 Å². The molecule has 22 heavy (non-hydrogen) atoms. The molecule has 1 atom stereocenters. The van der Waals surface area contributed by atoms with Crippen molar-refractivity contribution < 1.29 is 28.8 Å². The van der Waals surface area contributed by atoms with E-state index in [9.17, 15) is 9.59 Å². The number of amides is 1. The number of hydrogen-bond acceptors (Lipinski definition) is 7. The number of ether oxygens (including phenoxy) is 2. The topological polar surface area (TPSA) is 86.3 Å². The lowest BCUT2D eigenvalue weighted by molar-refractivity contribution is -0.272. The first-order valence-corrected chi connectivity index (χ1v) is 7.16. The normalized spacial score (nSPS) is 12.5. The van der Waals surface area contributed by atoms with Crippen molar-refractivity contribution in [2.24, 2.45) is 0 Å². The second-order valence-electron chi connectivity index (χ2n) is 4.79. The Balaban J connectivity index is 4.70. The number of nitrogens with zero attached hydrogens (tertiary/aromatic N) is 1. The Hall–Kier alpha value is -1.06. The zero-order valence-corrected chi connectivity index (χ0v) is 14.1. The number of ketones is 1. The molecule has 0 radical (unpaired) electrons. The summed E-state index contributed by atoms with van der Waals surface area (Å²) in [5, 5.41) is 2.96. The quantitative estimate of drug-likeness (QED) is 0.221. The third kappa shape index (κ3) is 8.40. The molecular formula is C14H28N2O6. The van der Waals surface area contributed by atoms with Gasteiger partial charge in [-0.05, 0) is 26.8 Å². The van der Waals surface area contributed by atoms with E-state index in [2.05, 4.69) is 10.2 Å². The van der Waals surface area contributed by atoms with Crippen LogP contribution in [0.2, 0.25) is 0 Å². The summed E-state index contributed by atoms with van der Waals surface area (Å²) in [5.41, 5.74) is 0. The maximum absolute atomic E-state index is 12.6. The first-order valence-electron chi connectivity index (χ1n) is 7.16. The van der Waals surface area contributed by atoms with Crippen LogP contribution in [0.5, 0.6) is 0 Å². The fraction of sp³-hybridized carbons (Fsp3) is 0.857. The maximum atomic E-state index is 12.6. The molecule has 0 unspecified atom stereocenters. The summed E-state index contributed by atoms with van der Waals surface area (Å²) in [5.74, 6) is -0.272. The van der Waals surface area contributed by atoms with Gasteiger partial charge < -0.3 is 19.7 Å². The molecule has 1 amide bonds. The van der Waals surface area contributed by atoms with Crippen LogP contribution in [-0.2, 0) is 28.8 Å². The molecule has 130 valence electrons. The number of likely N-dealkylation sites (N-methyl/N-ethyl adjacent to an activating group) is 1. The second-order valence-corrected chi connectivity index (χ2v) is 4.79. The van der Waals surface area contributed by atoms with Crippen molar-refractivity contribution in [3.8, 4) is 0 Å². The van der Waals surface area contributed by atoms with Gasteiger partial charge in [0, 0.05) is 14.2 Å². The molecule has 0 fully saturated rings. The van der Waals surface area contributed by atoms with Gasteiger partial charge in [-0.2, -0.15) is 0 Å². The van der Waals surface area contributed by atoms with Crippen molar-refractivity contribution in [1.82, 2.24) is 10.2 Å². The third-order valence-electron chi connectivity index (χ3n) is 3.11. The van der Waals surface area contributed by atoms with Crippen molar-refractivity contribution in [2.45, 2.75) is 32.1 Å². The molecule has 0 aliphatic heterocycles. The van der Waals surface area contributed by atoms with Gasteiger partial charge in [0.1, 0.15) is 5.78 Å². The van der Waals surface area contributed by atoms with E-state index < -0.39 is 12.3 Å². The number of nitrogens with one attached hydrogen (secondary N) is 1. The van der Waals surface area contributed by atoms with Gasteiger partial charge >= 0.3 is 0 Å². The summed E-state index contributed by atoms with van der Waals surface area (Å²) < 4.78 is 10.2. The SMILES string of the molecule is CN[C@H](CCCOOC)C(=O)N(CC(C)=O)CC(OC)OC. The predicted molar refractivity (Wildman–Crippen MR) is 80.1 cm³/mol. The van der Waals surface area contributed by atoms with E-state index in [1.165, 1.54) is 33.2 Å². The summed E-state index contributed by atoms with van der Waals surface area (Å²) in [6.07, 6.45) is 0.645. The van der Waals surface area contributed by atoms with Gasteiger partial charge in [0.05, 0.1) is 32.8 Å². The average molecular weight is 320 g/mol. The van der Waals surface area contributed by atoms with Crippen LogP contribution in [0.3, 0.4) is 0 Å². The highest BCUT2D eigenvalue weighted by molar-refractivity contribution is 5.87.